The largest absolute Gasteiger partial charge is 0.496 e. The monoisotopic (exact) mass is 432 g/mol. The standard InChI is InChI=1S/C18H17IN4O/c1-24-17-5-3-2-4-14(17)16-10-15(12-6-8-13(19)9-7-12)22-18-20-11-21-23(16)18/h2-9,11,15-16H,10H2,1H3,(H,20,21,22). The van der Waals surface area contributed by atoms with Gasteiger partial charge >= 0.3 is 0 Å². The zero-order valence-electron chi connectivity index (χ0n) is 13.2. The molecule has 0 amide bonds. The van der Waals surface area contributed by atoms with Crippen molar-refractivity contribution < 1.29 is 4.74 Å². The summed E-state index contributed by atoms with van der Waals surface area (Å²) >= 11 is 2.33. The molecule has 2 heterocycles. The number of hydrogen-bond acceptors (Lipinski definition) is 4. The first-order valence-electron chi connectivity index (χ1n) is 7.80. The fourth-order valence-electron chi connectivity index (χ4n) is 3.23. The first-order valence-corrected chi connectivity index (χ1v) is 8.88. The van der Waals surface area contributed by atoms with Crippen molar-refractivity contribution in [2.75, 3.05) is 12.4 Å². The lowest BCUT2D eigenvalue weighted by molar-refractivity contribution is 0.380. The van der Waals surface area contributed by atoms with Crippen molar-refractivity contribution >= 4 is 28.5 Å². The van der Waals surface area contributed by atoms with Crippen LogP contribution in [0.1, 0.15) is 29.6 Å². The van der Waals surface area contributed by atoms with Gasteiger partial charge in [0.2, 0.25) is 5.95 Å². The maximum Gasteiger partial charge on any atom is 0.222 e. The van der Waals surface area contributed by atoms with Crippen molar-refractivity contribution in [3.63, 3.8) is 0 Å². The molecule has 122 valence electrons. The van der Waals surface area contributed by atoms with Crippen LogP contribution in [-0.4, -0.2) is 21.9 Å². The number of nitrogens with one attached hydrogen (secondary N) is 1. The van der Waals surface area contributed by atoms with Crippen LogP contribution < -0.4 is 10.1 Å². The summed E-state index contributed by atoms with van der Waals surface area (Å²) in [7, 11) is 1.71. The minimum absolute atomic E-state index is 0.0872. The summed E-state index contributed by atoms with van der Waals surface area (Å²) in [6.07, 6.45) is 2.48. The lowest BCUT2D eigenvalue weighted by Crippen LogP contribution is -2.28. The molecule has 1 aromatic heterocycles. The van der Waals surface area contributed by atoms with E-state index in [1.165, 1.54) is 9.13 Å². The second-order valence-corrected chi connectivity index (χ2v) is 7.02. The summed E-state index contributed by atoms with van der Waals surface area (Å²) in [5, 5.41) is 7.91. The molecular weight excluding hydrogens is 415 g/mol. The van der Waals surface area contributed by atoms with Gasteiger partial charge < -0.3 is 10.1 Å². The lowest BCUT2D eigenvalue weighted by atomic mass is 9.93. The second-order valence-electron chi connectivity index (χ2n) is 5.77. The first kappa shape index (κ1) is 15.4. The molecule has 3 aromatic rings. The van der Waals surface area contributed by atoms with Gasteiger partial charge in [0.1, 0.15) is 12.1 Å². The van der Waals surface area contributed by atoms with E-state index in [0.29, 0.717) is 0 Å². The predicted molar refractivity (Wildman–Crippen MR) is 101 cm³/mol. The van der Waals surface area contributed by atoms with Gasteiger partial charge in [0, 0.05) is 9.13 Å². The molecule has 0 aliphatic carbocycles. The molecule has 5 nitrogen and oxygen atoms in total. The lowest BCUT2D eigenvalue weighted by Gasteiger charge is -2.32. The highest BCUT2D eigenvalue weighted by Gasteiger charge is 2.31. The third kappa shape index (κ3) is 2.75. The van der Waals surface area contributed by atoms with Crippen molar-refractivity contribution in [1.82, 2.24) is 14.8 Å². The van der Waals surface area contributed by atoms with Crippen LogP contribution in [0.3, 0.4) is 0 Å². The molecule has 0 bridgehead atoms. The van der Waals surface area contributed by atoms with Gasteiger partial charge in [-0.3, -0.25) is 0 Å². The van der Waals surface area contributed by atoms with E-state index in [2.05, 4.69) is 68.3 Å². The average molecular weight is 432 g/mol. The third-order valence-corrected chi connectivity index (χ3v) is 5.12. The van der Waals surface area contributed by atoms with E-state index in [1.807, 2.05) is 22.9 Å². The Kier molecular flexibility index (Phi) is 4.13. The first-order chi connectivity index (χ1) is 11.8. The van der Waals surface area contributed by atoms with Gasteiger partial charge in [-0.15, -0.1) is 0 Å². The maximum absolute atomic E-state index is 5.56. The number of hydrogen-bond donors (Lipinski definition) is 1. The van der Waals surface area contributed by atoms with E-state index in [9.17, 15) is 0 Å². The van der Waals surface area contributed by atoms with Gasteiger partial charge in [-0.25, -0.2) is 4.68 Å². The molecular formula is C18H17IN4O. The van der Waals surface area contributed by atoms with Gasteiger partial charge in [0.15, 0.2) is 0 Å². The van der Waals surface area contributed by atoms with Crippen molar-refractivity contribution in [2.45, 2.75) is 18.5 Å². The molecule has 0 fully saturated rings. The molecule has 0 radical (unpaired) electrons. The van der Waals surface area contributed by atoms with Crippen LogP contribution >= 0.6 is 22.6 Å². The minimum Gasteiger partial charge on any atom is -0.496 e. The fraction of sp³-hybridized carbons (Fsp3) is 0.222. The van der Waals surface area contributed by atoms with Crippen LogP contribution in [-0.2, 0) is 0 Å². The highest BCUT2D eigenvalue weighted by molar-refractivity contribution is 14.1. The van der Waals surface area contributed by atoms with Gasteiger partial charge in [-0.1, -0.05) is 30.3 Å². The van der Waals surface area contributed by atoms with Crippen LogP contribution in [0.25, 0.3) is 0 Å². The minimum atomic E-state index is 0.0872. The summed E-state index contributed by atoms with van der Waals surface area (Å²) in [4.78, 5) is 4.38. The van der Waals surface area contributed by atoms with E-state index in [4.69, 9.17) is 4.74 Å². The molecule has 0 saturated carbocycles. The zero-order valence-corrected chi connectivity index (χ0v) is 15.3. The Morgan fingerprint density at radius 3 is 2.75 bits per heavy atom. The van der Waals surface area contributed by atoms with Crippen molar-refractivity contribution in [2.24, 2.45) is 0 Å². The fourth-order valence-corrected chi connectivity index (χ4v) is 3.59. The number of nitrogens with zero attached hydrogens (tertiary/aromatic N) is 3. The molecule has 1 aliphatic rings. The molecule has 1 N–H and O–H groups in total. The average Bonchev–Trinajstić information content (AvgIpc) is 3.10. The highest BCUT2D eigenvalue weighted by Crippen LogP contribution is 2.40. The van der Waals surface area contributed by atoms with Crippen molar-refractivity contribution in [3.05, 3.63) is 69.6 Å². The second kappa shape index (κ2) is 6.43. The Hall–Kier alpha value is -2.09. The molecule has 2 atom stereocenters. The van der Waals surface area contributed by atoms with Crippen LogP contribution in [0, 0.1) is 3.57 Å². The van der Waals surface area contributed by atoms with Crippen LogP contribution in [0.15, 0.2) is 54.9 Å². The Labute approximate surface area is 154 Å². The summed E-state index contributed by atoms with van der Waals surface area (Å²) in [6, 6.07) is 17.0. The quantitative estimate of drug-likeness (QED) is 0.635. The van der Waals surface area contributed by atoms with E-state index < -0.39 is 0 Å². The summed E-state index contributed by atoms with van der Waals surface area (Å²) < 4.78 is 8.74. The van der Waals surface area contributed by atoms with E-state index in [-0.39, 0.29) is 12.1 Å². The highest BCUT2D eigenvalue weighted by atomic mass is 127. The number of anilines is 1. The SMILES string of the molecule is COc1ccccc1C1CC(c2ccc(I)cc2)Nc2ncnn21. The topological polar surface area (TPSA) is 52.0 Å². The molecule has 24 heavy (non-hydrogen) atoms. The number of aromatic nitrogens is 3. The van der Waals surface area contributed by atoms with E-state index in [1.54, 1.807) is 13.4 Å². The summed E-state index contributed by atoms with van der Waals surface area (Å²) in [5.41, 5.74) is 2.38. The van der Waals surface area contributed by atoms with Crippen molar-refractivity contribution in [1.29, 1.82) is 0 Å². The number of ether oxygens (including phenoxy) is 1. The number of halogens is 1. The molecule has 1 aliphatic heterocycles. The maximum atomic E-state index is 5.56. The zero-order chi connectivity index (χ0) is 16.5. The van der Waals surface area contributed by atoms with E-state index in [0.717, 1.165) is 23.7 Å². The van der Waals surface area contributed by atoms with Gasteiger partial charge in [-0.05, 0) is 52.8 Å². The molecule has 2 unspecified atom stereocenters. The number of methoxy groups -OCH3 is 1. The van der Waals surface area contributed by atoms with E-state index >= 15 is 0 Å². The van der Waals surface area contributed by atoms with Gasteiger partial charge in [0.25, 0.3) is 0 Å². The van der Waals surface area contributed by atoms with Crippen LogP contribution in [0.4, 0.5) is 5.95 Å². The Bertz CT molecular complexity index is 846. The Balaban J connectivity index is 1.75. The molecule has 6 heteroatoms. The van der Waals surface area contributed by atoms with Gasteiger partial charge in [0.05, 0.1) is 19.2 Å². The number of rotatable bonds is 3. The van der Waals surface area contributed by atoms with Crippen LogP contribution in [0.5, 0.6) is 5.75 Å². The van der Waals surface area contributed by atoms with Crippen LogP contribution in [0.2, 0.25) is 0 Å². The normalized spacial score (nSPS) is 19.4. The molecule has 4 rings (SSSR count). The smallest absolute Gasteiger partial charge is 0.222 e. The Morgan fingerprint density at radius 2 is 1.96 bits per heavy atom. The number of benzene rings is 2. The summed E-state index contributed by atoms with van der Waals surface area (Å²) in [6.45, 7) is 0. The molecule has 2 aromatic carbocycles. The number of fused-ring (bicyclic) bond motifs is 1. The summed E-state index contributed by atoms with van der Waals surface area (Å²) in [5.74, 6) is 1.67. The third-order valence-electron chi connectivity index (χ3n) is 4.40. The predicted octanol–water partition coefficient (Wildman–Crippen LogP) is 4.04. The molecule has 0 saturated heterocycles. The molecule has 0 spiro atoms. The number of para-hydroxylation sites is 1. The van der Waals surface area contributed by atoms with Gasteiger partial charge in [-0.2, -0.15) is 10.1 Å². The van der Waals surface area contributed by atoms with Crippen molar-refractivity contribution in [3.8, 4) is 5.75 Å². The Morgan fingerprint density at radius 1 is 1.17 bits per heavy atom.